The molecule has 20 heavy (non-hydrogen) atoms. The van der Waals surface area contributed by atoms with Crippen molar-refractivity contribution >= 4 is 19.4 Å². The number of rotatable bonds is 12. The van der Waals surface area contributed by atoms with Crippen molar-refractivity contribution in [3.05, 3.63) is 30.3 Å². The van der Waals surface area contributed by atoms with Gasteiger partial charge < -0.3 is 0 Å². The van der Waals surface area contributed by atoms with Crippen LogP contribution in [-0.2, 0) is 0 Å². The summed E-state index contributed by atoms with van der Waals surface area (Å²) in [6.45, 7) is 4.72. The summed E-state index contributed by atoms with van der Waals surface area (Å²) >= 11 is 0.668. The van der Waals surface area contributed by atoms with E-state index in [1.165, 1.54) is 64.2 Å². The molecule has 0 aliphatic rings. The maximum absolute atomic E-state index is 2.43. The normalized spacial score (nSPS) is 12.5. The molecule has 0 radical (unpaired) electrons. The molecule has 1 heteroatoms. The van der Waals surface area contributed by atoms with E-state index >= 15 is 0 Å². The summed E-state index contributed by atoms with van der Waals surface area (Å²) in [5.74, 6) is 0. The van der Waals surface area contributed by atoms with E-state index in [2.05, 4.69) is 44.2 Å². The first-order chi connectivity index (χ1) is 9.83. The Morgan fingerprint density at radius 3 is 1.95 bits per heavy atom. The summed E-state index contributed by atoms with van der Waals surface area (Å²) in [5, 5.41) is 0. The Hall–Kier alpha value is -0.261. The standard InChI is InChI=1S/C19H32Se/c1-3-4-5-6-7-8-9-10-12-15-18(2)20-19-16-13-11-14-17-19/h11,13-14,16-18H,3-10,12,15H2,1-2H3. The third-order valence-electron chi connectivity index (χ3n) is 3.79. The van der Waals surface area contributed by atoms with Gasteiger partial charge in [-0.15, -0.1) is 0 Å². The van der Waals surface area contributed by atoms with Gasteiger partial charge in [-0.2, -0.15) is 0 Å². The Morgan fingerprint density at radius 1 is 0.800 bits per heavy atom. The van der Waals surface area contributed by atoms with Crippen molar-refractivity contribution in [3.63, 3.8) is 0 Å². The summed E-state index contributed by atoms with van der Waals surface area (Å²) in [5.41, 5.74) is 0. The molecule has 0 saturated heterocycles. The SMILES string of the molecule is CCCCCCCCCCCC(C)[Se]c1ccccc1. The van der Waals surface area contributed by atoms with Gasteiger partial charge in [0.15, 0.2) is 0 Å². The fourth-order valence-electron chi connectivity index (χ4n) is 2.53. The van der Waals surface area contributed by atoms with E-state index in [-0.39, 0.29) is 0 Å². The van der Waals surface area contributed by atoms with Gasteiger partial charge in [-0.25, -0.2) is 0 Å². The third kappa shape index (κ3) is 9.61. The molecule has 0 N–H and O–H groups in total. The molecule has 0 heterocycles. The first-order valence-corrected chi connectivity index (χ1v) is 10.4. The molecule has 1 aromatic rings. The van der Waals surface area contributed by atoms with Crippen molar-refractivity contribution in [2.75, 3.05) is 0 Å². The van der Waals surface area contributed by atoms with Crippen LogP contribution in [0.1, 0.15) is 78.1 Å². The van der Waals surface area contributed by atoms with Crippen LogP contribution in [0.4, 0.5) is 0 Å². The van der Waals surface area contributed by atoms with Crippen LogP contribution in [0.5, 0.6) is 0 Å². The van der Waals surface area contributed by atoms with E-state index < -0.39 is 0 Å². The summed E-state index contributed by atoms with van der Waals surface area (Å²) < 4.78 is 1.56. The van der Waals surface area contributed by atoms with Crippen LogP contribution >= 0.6 is 0 Å². The van der Waals surface area contributed by atoms with E-state index in [0.29, 0.717) is 15.0 Å². The van der Waals surface area contributed by atoms with Crippen LogP contribution in [0.3, 0.4) is 0 Å². The minimum atomic E-state index is 0.668. The van der Waals surface area contributed by atoms with E-state index in [4.69, 9.17) is 0 Å². The Morgan fingerprint density at radius 2 is 1.35 bits per heavy atom. The Kier molecular flexibility index (Phi) is 11.1. The van der Waals surface area contributed by atoms with Crippen LogP contribution in [-0.4, -0.2) is 15.0 Å². The van der Waals surface area contributed by atoms with Gasteiger partial charge in [-0.1, -0.05) is 0 Å². The van der Waals surface area contributed by atoms with Crippen LogP contribution in [0.15, 0.2) is 30.3 Å². The molecule has 0 saturated carbocycles. The van der Waals surface area contributed by atoms with Gasteiger partial charge in [0.25, 0.3) is 0 Å². The van der Waals surface area contributed by atoms with E-state index in [1.807, 2.05) is 0 Å². The molecule has 0 amide bonds. The van der Waals surface area contributed by atoms with Crippen molar-refractivity contribution in [3.8, 4) is 0 Å². The van der Waals surface area contributed by atoms with E-state index in [0.717, 1.165) is 4.82 Å². The van der Waals surface area contributed by atoms with Gasteiger partial charge in [-0.3, -0.25) is 0 Å². The molecule has 0 aliphatic heterocycles. The first kappa shape index (κ1) is 17.8. The average molecular weight is 339 g/mol. The molecule has 0 fully saturated rings. The van der Waals surface area contributed by atoms with Gasteiger partial charge >= 0.3 is 133 Å². The van der Waals surface area contributed by atoms with Gasteiger partial charge in [0.1, 0.15) is 0 Å². The maximum atomic E-state index is 2.43. The summed E-state index contributed by atoms with van der Waals surface area (Å²) in [7, 11) is 0. The first-order valence-electron chi connectivity index (χ1n) is 8.54. The molecular formula is C19H32Se. The summed E-state index contributed by atoms with van der Waals surface area (Å²) in [4.78, 5) is 0.898. The molecule has 114 valence electrons. The summed E-state index contributed by atoms with van der Waals surface area (Å²) in [6.07, 6.45) is 14.4. The molecule has 0 aliphatic carbocycles. The molecule has 0 spiro atoms. The van der Waals surface area contributed by atoms with Crippen molar-refractivity contribution in [1.82, 2.24) is 0 Å². The monoisotopic (exact) mass is 340 g/mol. The number of hydrogen-bond acceptors (Lipinski definition) is 0. The number of hydrogen-bond donors (Lipinski definition) is 0. The quantitative estimate of drug-likeness (QED) is 0.336. The molecule has 1 atom stereocenters. The summed E-state index contributed by atoms with van der Waals surface area (Å²) in [6, 6.07) is 11.0. The molecule has 1 unspecified atom stereocenters. The predicted molar refractivity (Wildman–Crippen MR) is 93.1 cm³/mol. The molecule has 0 nitrogen and oxygen atoms in total. The fraction of sp³-hybridized carbons (Fsp3) is 0.684. The molecule has 0 bridgehead atoms. The molecule has 1 aromatic carbocycles. The average Bonchev–Trinajstić information content (AvgIpc) is 2.46. The van der Waals surface area contributed by atoms with Crippen molar-refractivity contribution < 1.29 is 0 Å². The Balaban J connectivity index is 1.91. The molecule has 0 aromatic heterocycles. The van der Waals surface area contributed by atoms with Crippen molar-refractivity contribution in [2.45, 2.75) is 82.9 Å². The van der Waals surface area contributed by atoms with Crippen molar-refractivity contribution in [2.24, 2.45) is 0 Å². The topological polar surface area (TPSA) is 0 Å². The van der Waals surface area contributed by atoms with Crippen LogP contribution in [0.2, 0.25) is 4.82 Å². The van der Waals surface area contributed by atoms with Gasteiger partial charge in [0.2, 0.25) is 0 Å². The number of benzene rings is 1. The second-order valence-electron chi connectivity index (χ2n) is 5.86. The molecular weight excluding hydrogens is 307 g/mol. The zero-order chi connectivity index (χ0) is 14.5. The van der Waals surface area contributed by atoms with E-state index in [9.17, 15) is 0 Å². The number of unbranched alkanes of at least 4 members (excludes halogenated alkanes) is 8. The Labute approximate surface area is 132 Å². The second kappa shape index (κ2) is 12.5. The van der Waals surface area contributed by atoms with Gasteiger partial charge in [-0.05, 0) is 0 Å². The van der Waals surface area contributed by atoms with Gasteiger partial charge in [0.05, 0.1) is 0 Å². The fourth-order valence-corrected chi connectivity index (χ4v) is 4.76. The van der Waals surface area contributed by atoms with E-state index in [1.54, 1.807) is 4.46 Å². The predicted octanol–water partition coefficient (Wildman–Crippen LogP) is 5.75. The van der Waals surface area contributed by atoms with Crippen LogP contribution in [0, 0.1) is 0 Å². The van der Waals surface area contributed by atoms with Crippen LogP contribution in [0.25, 0.3) is 0 Å². The van der Waals surface area contributed by atoms with Crippen LogP contribution < -0.4 is 4.46 Å². The Bertz CT molecular complexity index is 307. The zero-order valence-corrected chi connectivity index (χ0v) is 15.2. The zero-order valence-electron chi connectivity index (χ0n) is 13.4. The van der Waals surface area contributed by atoms with Crippen molar-refractivity contribution in [1.29, 1.82) is 0 Å². The second-order valence-corrected chi connectivity index (χ2v) is 9.03. The third-order valence-corrected chi connectivity index (χ3v) is 6.28. The molecule has 1 rings (SSSR count). The van der Waals surface area contributed by atoms with Gasteiger partial charge in [0, 0.05) is 0 Å². The minimum absolute atomic E-state index is 0.668.